The summed E-state index contributed by atoms with van der Waals surface area (Å²) in [6.45, 7) is 0.111. The molecule has 0 aromatic heterocycles. The van der Waals surface area contributed by atoms with Crippen molar-refractivity contribution in [3.8, 4) is 0 Å². The number of fused-ring (bicyclic) bond motifs is 1. The number of nitrogens with zero attached hydrogens (tertiary/aromatic N) is 1. The van der Waals surface area contributed by atoms with Gasteiger partial charge in [0.2, 0.25) is 0 Å². The highest BCUT2D eigenvalue weighted by atomic mass is 16.6. The zero-order valence-corrected chi connectivity index (χ0v) is 12.4. The highest BCUT2D eigenvalue weighted by Crippen LogP contribution is 2.36. The molecule has 1 aliphatic carbocycles. The van der Waals surface area contributed by atoms with E-state index in [0.717, 1.165) is 17.5 Å². The van der Waals surface area contributed by atoms with Crippen molar-refractivity contribution >= 4 is 11.6 Å². The summed E-state index contributed by atoms with van der Waals surface area (Å²) < 4.78 is 0. The average Bonchev–Trinajstić information content (AvgIpc) is 2.91. The summed E-state index contributed by atoms with van der Waals surface area (Å²) in [5.41, 5.74) is 1.14. The second-order valence-corrected chi connectivity index (χ2v) is 5.68. The smallest absolute Gasteiger partial charge is 0.269 e. The number of non-ortho nitro benzene ring substituents is 1. The molecule has 2 aromatic rings. The molecule has 2 aromatic carbocycles. The number of carbonyl (C=O) groups is 1. The second-order valence-electron chi connectivity index (χ2n) is 5.68. The van der Waals surface area contributed by atoms with E-state index in [4.69, 9.17) is 0 Å². The Morgan fingerprint density at radius 2 is 1.91 bits per heavy atom. The average molecular weight is 312 g/mol. The van der Waals surface area contributed by atoms with Crippen molar-refractivity contribution in [2.75, 3.05) is 6.54 Å². The third-order valence-electron chi connectivity index (χ3n) is 4.21. The Bertz CT molecular complexity index is 757. The minimum absolute atomic E-state index is 0.0649. The molecular weight excluding hydrogens is 296 g/mol. The molecule has 0 radical (unpaired) electrons. The van der Waals surface area contributed by atoms with E-state index in [0.29, 0.717) is 12.0 Å². The number of hydrogen-bond acceptors (Lipinski definition) is 4. The topological polar surface area (TPSA) is 92.5 Å². The third kappa shape index (κ3) is 2.93. The van der Waals surface area contributed by atoms with E-state index < -0.39 is 10.5 Å². The summed E-state index contributed by atoms with van der Waals surface area (Å²) >= 11 is 0. The van der Waals surface area contributed by atoms with Crippen LogP contribution in [0.4, 0.5) is 5.69 Å². The van der Waals surface area contributed by atoms with Crippen molar-refractivity contribution in [1.29, 1.82) is 0 Å². The van der Waals surface area contributed by atoms with Gasteiger partial charge in [0.05, 0.1) is 11.5 Å². The van der Waals surface area contributed by atoms with E-state index in [1.807, 2.05) is 24.3 Å². The molecule has 0 fully saturated rings. The van der Waals surface area contributed by atoms with Crippen LogP contribution in [0, 0.1) is 10.1 Å². The zero-order chi connectivity index (χ0) is 16.4. The van der Waals surface area contributed by atoms with Gasteiger partial charge in [0.25, 0.3) is 11.6 Å². The lowest BCUT2D eigenvalue weighted by Crippen LogP contribution is -2.39. The SMILES string of the molecule is O=C(NCC1(O)CCc2ccccc21)c1ccc([N+](=O)[O-])cc1. The quantitative estimate of drug-likeness (QED) is 0.668. The number of carbonyl (C=O) groups excluding carboxylic acids is 1. The monoisotopic (exact) mass is 312 g/mol. The maximum Gasteiger partial charge on any atom is 0.269 e. The molecule has 1 unspecified atom stereocenters. The lowest BCUT2D eigenvalue weighted by Gasteiger charge is -2.24. The van der Waals surface area contributed by atoms with Gasteiger partial charge in [-0.1, -0.05) is 24.3 Å². The number of aliphatic hydroxyl groups is 1. The van der Waals surface area contributed by atoms with Gasteiger partial charge in [-0.15, -0.1) is 0 Å². The largest absolute Gasteiger partial charge is 0.383 e. The molecule has 1 amide bonds. The number of aryl methyl sites for hydroxylation is 1. The highest BCUT2D eigenvalue weighted by Gasteiger charge is 2.36. The van der Waals surface area contributed by atoms with Gasteiger partial charge in [-0.3, -0.25) is 14.9 Å². The number of rotatable bonds is 4. The van der Waals surface area contributed by atoms with Crippen LogP contribution in [0.25, 0.3) is 0 Å². The van der Waals surface area contributed by atoms with Gasteiger partial charge in [-0.2, -0.15) is 0 Å². The van der Waals surface area contributed by atoms with Crippen molar-refractivity contribution < 1.29 is 14.8 Å². The van der Waals surface area contributed by atoms with Crippen LogP contribution in [0.2, 0.25) is 0 Å². The molecule has 0 bridgehead atoms. The van der Waals surface area contributed by atoms with E-state index in [9.17, 15) is 20.0 Å². The molecule has 6 nitrogen and oxygen atoms in total. The Labute approximate surface area is 132 Å². The number of amides is 1. The van der Waals surface area contributed by atoms with Crippen LogP contribution in [-0.4, -0.2) is 22.5 Å². The third-order valence-corrected chi connectivity index (χ3v) is 4.21. The van der Waals surface area contributed by atoms with Crippen LogP contribution in [-0.2, 0) is 12.0 Å². The lowest BCUT2D eigenvalue weighted by molar-refractivity contribution is -0.384. The number of benzene rings is 2. The van der Waals surface area contributed by atoms with E-state index in [1.54, 1.807) is 0 Å². The molecule has 23 heavy (non-hydrogen) atoms. The first kappa shape index (κ1) is 15.2. The lowest BCUT2D eigenvalue weighted by atomic mass is 9.96. The van der Waals surface area contributed by atoms with Crippen LogP contribution in [0.3, 0.4) is 0 Å². The molecule has 6 heteroatoms. The van der Waals surface area contributed by atoms with Crippen LogP contribution in [0.1, 0.15) is 27.9 Å². The predicted molar refractivity (Wildman–Crippen MR) is 84.1 cm³/mol. The molecule has 1 aliphatic rings. The number of hydrogen-bond donors (Lipinski definition) is 2. The Morgan fingerprint density at radius 3 is 2.61 bits per heavy atom. The Hall–Kier alpha value is -2.73. The Kier molecular flexibility index (Phi) is 3.83. The van der Waals surface area contributed by atoms with E-state index >= 15 is 0 Å². The minimum Gasteiger partial charge on any atom is -0.383 e. The normalized spacial score (nSPS) is 19.2. The standard InChI is InChI=1S/C17H16N2O4/c20-16(13-5-7-14(8-6-13)19(22)23)18-11-17(21)10-9-12-3-1-2-4-15(12)17/h1-8,21H,9-11H2,(H,18,20). The van der Waals surface area contributed by atoms with Gasteiger partial charge in [0.15, 0.2) is 0 Å². The van der Waals surface area contributed by atoms with E-state index in [1.165, 1.54) is 24.3 Å². The van der Waals surface area contributed by atoms with Crippen LogP contribution >= 0.6 is 0 Å². The van der Waals surface area contributed by atoms with Crippen molar-refractivity contribution in [1.82, 2.24) is 5.32 Å². The fraction of sp³-hybridized carbons (Fsp3) is 0.235. The minimum atomic E-state index is -1.06. The van der Waals surface area contributed by atoms with Crippen molar-refractivity contribution in [3.05, 3.63) is 75.3 Å². The molecule has 1 atom stereocenters. The van der Waals surface area contributed by atoms with E-state index in [2.05, 4.69) is 5.32 Å². The summed E-state index contributed by atoms with van der Waals surface area (Å²) in [6.07, 6.45) is 1.34. The fourth-order valence-electron chi connectivity index (χ4n) is 2.92. The van der Waals surface area contributed by atoms with E-state index in [-0.39, 0.29) is 18.1 Å². The molecule has 0 spiro atoms. The summed E-state index contributed by atoms with van der Waals surface area (Å²) in [6, 6.07) is 13.0. The second kappa shape index (κ2) is 5.81. The summed E-state index contributed by atoms with van der Waals surface area (Å²) in [4.78, 5) is 22.2. The first-order chi connectivity index (χ1) is 11.0. The van der Waals surface area contributed by atoms with Gasteiger partial charge < -0.3 is 10.4 Å². The van der Waals surface area contributed by atoms with Gasteiger partial charge >= 0.3 is 0 Å². The molecule has 118 valence electrons. The Balaban J connectivity index is 1.69. The van der Waals surface area contributed by atoms with Gasteiger partial charge in [-0.05, 0) is 36.1 Å². The highest BCUT2D eigenvalue weighted by molar-refractivity contribution is 5.94. The van der Waals surface area contributed by atoms with Crippen molar-refractivity contribution in [2.24, 2.45) is 0 Å². The summed E-state index contributed by atoms with van der Waals surface area (Å²) in [7, 11) is 0. The maximum atomic E-state index is 12.1. The number of nitro benzene ring substituents is 1. The van der Waals surface area contributed by atoms with Crippen molar-refractivity contribution in [2.45, 2.75) is 18.4 Å². The zero-order valence-electron chi connectivity index (χ0n) is 12.4. The predicted octanol–water partition coefficient (Wildman–Crippen LogP) is 2.16. The molecule has 0 saturated carbocycles. The van der Waals surface area contributed by atoms with Gasteiger partial charge in [0.1, 0.15) is 5.60 Å². The molecule has 2 N–H and O–H groups in total. The summed E-state index contributed by atoms with van der Waals surface area (Å²) in [5, 5.41) is 24.1. The first-order valence-electron chi connectivity index (χ1n) is 7.33. The molecule has 3 rings (SSSR count). The van der Waals surface area contributed by atoms with Crippen LogP contribution in [0.5, 0.6) is 0 Å². The van der Waals surface area contributed by atoms with Crippen molar-refractivity contribution in [3.63, 3.8) is 0 Å². The maximum absolute atomic E-state index is 12.1. The van der Waals surface area contributed by atoms with Gasteiger partial charge in [0, 0.05) is 17.7 Å². The fourth-order valence-corrected chi connectivity index (χ4v) is 2.92. The molecule has 0 aliphatic heterocycles. The Morgan fingerprint density at radius 1 is 1.22 bits per heavy atom. The van der Waals surface area contributed by atoms with Crippen LogP contribution < -0.4 is 5.32 Å². The summed E-state index contributed by atoms with van der Waals surface area (Å²) in [5.74, 6) is -0.363. The molecular formula is C17H16N2O4. The van der Waals surface area contributed by atoms with Gasteiger partial charge in [-0.25, -0.2) is 0 Å². The number of nitrogens with one attached hydrogen (secondary N) is 1. The molecule has 0 heterocycles. The van der Waals surface area contributed by atoms with Crippen LogP contribution in [0.15, 0.2) is 48.5 Å². The first-order valence-corrected chi connectivity index (χ1v) is 7.33. The molecule has 0 saturated heterocycles. The number of nitro groups is 1.